The van der Waals surface area contributed by atoms with Crippen LogP contribution in [0.4, 0.5) is 11.5 Å². The largest absolute Gasteiger partial charge is 0.422 e. The van der Waals surface area contributed by atoms with E-state index in [1.54, 1.807) is 12.1 Å². The molecule has 8 nitrogen and oxygen atoms in total. The first-order valence-electron chi connectivity index (χ1n) is 10.8. The third-order valence-corrected chi connectivity index (χ3v) is 5.75. The number of hydrogen-bond acceptors (Lipinski definition) is 7. The molecule has 0 saturated carbocycles. The third-order valence-electron chi connectivity index (χ3n) is 5.75. The molecule has 4 heterocycles. The maximum Gasteiger partial charge on any atom is 0.384 e. The van der Waals surface area contributed by atoms with Gasteiger partial charge in [0.1, 0.15) is 5.82 Å². The molecular formula is C24H24N6O2. The van der Waals surface area contributed by atoms with Crippen molar-refractivity contribution in [3.8, 4) is 11.1 Å². The molecular weight excluding hydrogens is 404 g/mol. The first-order chi connectivity index (χ1) is 15.7. The molecule has 32 heavy (non-hydrogen) atoms. The van der Waals surface area contributed by atoms with Crippen LogP contribution in [0, 0.1) is 0 Å². The fraction of sp³-hybridized carbons (Fsp3) is 0.250. The van der Waals surface area contributed by atoms with Crippen LogP contribution >= 0.6 is 0 Å². The SMILES string of the molecule is O=c1nc(Nc2cccc(-c3ccc(CN4CCCCC4)nc3)c2)c2cccnc2n1O. The van der Waals surface area contributed by atoms with Crippen molar-refractivity contribution < 1.29 is 5.21 Å². The van der Waals surface area contributed by atoms with E-state index in [2.05, 4.69) is 37.3 Å². The highest BCUT2D eigenvalue weighted by molar-refractivity contribution is 5.88. The molecule has 0 radical (unpaired) electrons. The average molecular weight is 428 g/mol. The Morgan fingerprint density at radius 2 is 1.84 bits per heavy atom. The summed E-state index contributed by atoms with van der Waals surface area (Å²) in [6.07, 6.45) is 7.29. The molecule has 0 bridgehead atoms. The predicted molar refractivity (Wildman–Crippen MR) is 123 cm³/mol. The normalized spacial score (nSPS) is 14.5. The first kappa shape index (κ1) is 20.1. The highest BCUT2D eigenvalue weighted by Crippen LogP contribution is 2.26. The highest BCUT2D eigenvalue weighted by atomic mass is 16.5. The molecule has 0 spiro atoms. The number of nitrogens with zero attached hydrogens (tertiary/aromatic N) is 5. The number of nitrogens with one attached hydrogen (secondary N) is 1. The smallest absolute Gasteiger partial charge is 0.384 e. The second-order valence-corrected chi connectivity index (χ2v) is 8.01. The van der Waals surface area contributed by atoms with Gasteiger partial charge >= 0.3 is 5.69 Å². The van der Waals surface area contributed by atoms with Gasteiger partial charge in [-0.1, -0.05) is 24.6 Å². The van der Waals surface area contributed by atoms with E-state index in [0.29, 0.717) is 15.9 Å². The van der Waals surface area contributed by atoms with Crippen molar-refractivity contribution in [2.45, 2.75) is 25.8 Å². The molecule has 2 N–H and O–H groups in total. The van der Waals surface area contributed by atoms with Crippen LogP contribution in [0.15, 0.2) is 65.7 Å². The van der Waals surface area contributed by atoms with Crippen molar-refractivity contribution in [3.63, 3.8) is 0 Å². The van der Waals surface area contributed by atoms with Crippen molar-refractivity contribution in [1.82, 2.24) is 24.6 Å². The van der Waals surface area contributed by atoms with Gasteiger partial charge in [-0.25, -0.2) is 9.78 Å². The Balaban J connectivity index is 1.38. The quantitative estimate of drug-likeness (QED) is 0.467. The molecule has 4 aromatic rings. The molecule has 0 unspecified atom stereocenters. The van der Waals surface area contributed by atoms with Crippen molar-refractivity contribution in [3.05, 3.63) is 77.1 Å². The lowest BCUT2D eigenvalue weighted by atomic mass is 10.1. The van der Waals surface area contributed by atoms with Gasteiger partial charge in [-0.2, -0.15) is 4.98 Å². The van der Waals surface area contributed by atoms with E-state index in [-0.39, 0.29) is 5.65 Å². The Morgan fingerprint density at radius 1 is 0.969 bits per heavy atom. The Bertz CT molecular complexity index is 1300. The Hall–Kier alpha value is -3.78. The van der Waals surface area contributed by atoms with E-state index in [1.165, 1.54) is 25.5 Å². The summed E-state index contributed by atoms with van der Waals surface area (Å²) in [5, 5.41) is 13.6. The van der Waals surface area contributed by atoms with Crippen LogP contribution in [0.3, 0.4) is 0 Å². The minimum absolute atomic E-state index is 0.152. The lowest BCUT2D eigenvalue weighted by molar-refractivity contribution is 0.182. The number of pyridine rings is 2. The van der Waals surface area contributed by atoms with Crippen LogP contribution in [0.1, 0.15) is 25.0 Å². The van der Waals surface area contributed by atoms with Gasteiger partial charge in [0.2, 0.25) is 0 Å². The lowest BCUT2D eigenvalue weighted by Crippen LogP contribution is -2.29. The van der Waals surface area contributed by atoms with Crippen molar-refractivity contribution >= 4 is 22.5 Å². The van der Waals surface area contributed by atoms with Crippen LogP contribution < -0.4 is 11.0 Å². The molecule has 5 rings (SSSR count). The van der Waals surface area contributed by atoms with E-state index in [4.69, 9.17) is 0 Å². The molecule has 1 aromatic carbocycles. The van der Waals surface area contributed by atoms with Gasteiger partial charge in [-0.3, -0.25) is 9.88 Å². The zero-order valence-corrected chi connectivity index (χ0v) is 17.6. The van der Waals surface area contributed by atoms with Crippen LogP contribution in [0.25, 0.3) is 22.2 Å². The molecule has 162 valence electrons. The number of benzene rings is 1. The molecule has 3 aromatic heterocycles. The Labute approximate surface area is 185 Å². The number of rotatable bonds is 5. The summed E-state index contributed by atoms with van der Waals surface area (Å²) in [7, 11) is 0. The summed E-state index contributed by atoms with van der Waals surface area (Å²) in [5.74, 6) is 0.343. The minimum Gasteiger partial charge on any atom is -0.422 e. The zero-order chi connectivity index (χ0) is 21.9. The van der Waals surface area contributed by atoms with Gasteiger partial charge in [-0.15, -0.1) is 4.73 Å². The van der Waals surface area contributed by atoms with Gasteiger partial charge < -0.3 is 10.5 Å². The molecule has 1 saturated heterocycles. The second kappa shape index (κ2) is 8.76. The van der Waals surface area contributed by atoms with Crippen molar-refractivity contribution in [2.24, 2.45) is 0 Å². The number of aromatic nitrogens is 4. The van der Waals surface area contributed by atoms with Gasteiger partial charge in [0.25, 0.3) is 0 Å². The van der Waals surface area contributed by atoms with Crippen molar-refractivity contribution in [2.75, 3.05) is 18.4 Å². The molecule has 1 fully saturated rings. The van der Waals surface area contributed by atoms with E-state index < -0.39 is 5.69 Å². The van der Waals surface area contributed by atoms with Crippen LogP contribution in [-0.2, 0) is 6.54 Å². The second-order valence-electron chi connectivity index (χ2n) is 8.01. The minimum atomic E-state index is -0.789. The van der Waals surface area contributed by atoms with Crippen LogP contribution in [0.2, 0.25) is 0 Å². The molecule has 0 aliphatic carbocycles. The maximum absolute atomic E-state index is 12.0. The molecule has 0 amide bonds. The Morgan fingerprint density at radius 3 is 2.66 bits per heavy atom. The van der Waals surface area contributed by atoms with Crippen molar-refractivity contribution in [1.29, 1.82) is 0 Å². The maximum atomic E-state index is 12.0. The number of piperidine rings is 1. The summed E-state index contributed by atoms with van der Waals surface area (Å²) < 4.78 is 0.452. The van der Waals surface area contributed by atoms with E-state index >= 15 is 0 Å². The monoisotopic (exact) mass is 428 g/mol. The average Bonchev–Trinajstić information content (AvgIpc) is 2.84. The number of likely N-dealkylation sites (tertiary alicyclic amines) is 1. The van der Waals surface area contributed by atoms with Gasteiger partial charge in [-0.05, 0) is 61.8 Å². The Kier molecular flexibility index (Phi) is 5.51. The predicted octanol–water partition coefficient (Wildman–Crippen LogP) is 3.82. The third kappa shape index (κ3) is 4.17. The van der Waals surface area contributed by atoms with Gasteiger partial charge in [0.15, 0.2) is 5.65 Å². The lowest BCUT2D eigenvalue weighted by Gasteiger charge is -2.25. The van der Waals surface area contributed by atoms with Gasteiger partial charge in [0, 0.05) is 30.2 Å². The number of fused-ring (bicyclic) bond motifs is 1. The molecule has 8 heteroatoms. The van der Waals surface area contributed by atoms with E-state index in [1.807, 2.05) is 30.5 Å². The summed E-state index contributed by atoms with van der Waals surface area (Å²) in [5.41, 5.74) is 3.24. The fourth-order valence-electron chi connectivity index (χ4n) is 4.09. The van der Waals surface area contributed by atoms with Gasteiger partial charge in [0.05, 0.1) is 11.1 Å². The van der Waals surface area contributed by atoms with E-state index in [9.17, 15) is 10.0 Å². The number of anilines is 2. The topological polar surface area (TPSA) is 96.2 Å². The van der Waals surface area contributed by atoms with Crippen LogP contribution in [0.5, 0.6) is 0 Å². The first-order valence-corrected chi connectivity index (χ1v) is 10.8. The summed E-state index contributed by atoms with van der Waals surface area (Å²) in [6.45, 7) is 3.19. The molecule has 1 aliphatic rings. The number of hydrogen-bond donors (Lipinski definition) is 2. The summed E-state index contributed by atoms with van der Waals surface area (Å²) in [6, 6.07) is 15.5. The standard InChI is InChI=1S/C24H24N6O2/c31-24-28-22(21-8-5-11-25-23(21)30(24)32)27-19-7-4-6-17(14-19)18-9-10-20(26-15-18)16-29-12-2-1-3-13-29/h4-11,14-15,32H,1-3,12-13,16H2,(H,27,28,31). The molecule has 1 aliphatic heterocycles. The molecule has 0 atom stereocenters. The summed E-state index contributed by atoms with van der Waals surface area (Å²) >= 11 is 0. The fourth-order valence-corrected chi connectivity index (χ4v) is 4.09. The zero-order valence-electron chi connectivity index (χ0n) is 17.6. The highest BCUT2D eigenvalue weighted by Gasteiger charge is 2.12. The van der Waals surface area contributed by atoms with Crippen LogP contribution in [-0.4, -0.2) is 42.9 Å². The van der Waals surface area contributed by atoms with E-state index in [0.717, 1.165) is 42.1 Å². The summed E-state index contributed by atoms with van der Waals surface area (Å²) in [4.78, 5) is 27.2.